The van der Waals surface area contributed by atoms with Gasteiger partial charge in [0.2, 0.25) is 0 Å². The van der Waals surface area contributed by atoms with Crippen molar-refractivity contribution in [2.45, 2.75) is 27.3 Å². The van der Waals surface area contributed by atoms with Crippen LogP contribution in [0, 0.1) is 20.8 Å². The van der Waals surface area contributed by atoms with Crippen LogP contribution in [0.3, 0.4) is 0 Å². The van der Waals surface area contributed by atoms with Crippen LogP contribution in [0.25, 0.3) is 10.9 Å². The normalized spacial score (nSPS) is 11.6. The lowest BCUT2D eigenvalue weighted by Crippen LogP contribution is -2.20. The van der Waals surface area contributed by atoms with E-state index in [-0.39, 0.29) is 5.56 Å². The average molecular weight is 406 g/mol. The van der Waals surface area contributed by atoms with Crippen molar-refractivity contribution >= 4 is 28.7 Å². The predicted molar refractivity (Wildman–Crippen MR) is 116 cm³/mol. The maximum absolute atomic E-state index is 12.8. The molecule has 0 aliphatic rings. The molecule has 0 N–H and O–H groups in total. The second kappa shape index (κ2) is 7.64. The van der Waals surface area contributed by atoms with Gasteiger partial charge in [-0.3, -0.25) is 9.48 Å². The molecule has 4 rings (SSSR count). The van der Waals surface area contributed by atoms with E-state index in [1.807, 2.05) is 61.0 Å². The Bertz CT molecular complexity index is 1300. The summed E-state index contributed by atoms with van der Waals surface area (Å²) in [6, 6.07) is 15.0. The van der Waals surface area contributed by atoms with E-state index < -0.39 is 0 Å². The maximum Gasteiger partial charge on any atom is 0.282 e. The van der Waals surface area contributed by atoms with E-state index in [1.54, 1.807) is 19.2 Å². The Morgan fingerprint density at radius 3 is 2.59 bits per heavy atom. The minimum atomic E-state index is -0.192. The highest BCUT2D eigenvalue weighted by molar-refractivity contribution is 6.31. The third-order valence-electron chi connectivity index (χ3n) is 4.93. The van der Waals surface area contributed by atoms with Gasteiger partial charge >= 0.3 is 0 Å². The van der Waals surface area contributed by atoms with E-state index in [0.29, 0.717) is 28.3 Å². The van der Waals surface area contributed by atoms with Crippen LogP contribution in [-0.4, -0.2) is 25.7 Å². The van der Waals surface area contributed by atoms with Gasteiger partial charge in [0.1, 0.15) is 5.82 Å². The van der Waals surface area contributed by atoms with Crippen LogP contribution in [0.4, 0.5) is 0 Å². The zero-order chi connectivity index (χ0) is 20.5. The van der Waals surface area contributed by atoms with Crippen LogP contribution in [0.5, 0.6) is 0 Å². The SMILES string of the molecule is Cc1nn(Cc2ccccc2Cl)c(C)c1C=Nn1c(C)nc2ccccc2c1=O. The largest absolute Gasteiger partial charge is 0.282 e. The summed E-state index contributed by atoms with van der Waals surface area (Å²) >= 11 is 6.28. The van der Waals surface area contributed by atoms with Crippen LogP contribution in [0.15, 0.2) is 58.4 Å². The monoisotopic (exact) mass is 405 g/mol. The molecule has 4 aromatic rings. The lowest BCUT2D eigenvalue weighted by Gasteiger charge is -2.07. The van der Waals surface area contributed by atoms with E-state index in [9.17, 15) is 4.79 Å². The molecule has 29 heavy (non-hydrogen) atoms. The van der Waals surface area contributed by atoms with Crippen LogP contribution in [-0.2, 0) is 6.54 Å². The van der Waals surface area contributed by atoms with Gasteiger partial charge in [0, 0.05) is 16.3 Å². The van der Waals surface area contributed by atoms with E-state index in [0.717, 1.165) is 22.5 Å². The molecule has 0 spiro atoms. The molecule has 0 radical (unpaired) electrons. The second-order valence-corrected chi connectivity index (χ2v) is 7.28. The number of rotatable bonds is 4. The average Bonchev–Trinajstić information content (AvgIpc) is 2.97. The predicted octanol–water partition coefficient (Wildman–Crippen LogP) is 4.10. The molecule has 0 bridgehead atoms. The fourth-order valence-electron chi connectivity index (χ4n) is 3.33. The van der Waals surface area contributed by atoms with E-state index >= 15 is 0 Å². The van der Waals surface area contributed by atoms with Gasteiger partial charge in [0.15, 0.2) is 0 Å². The molecule has 0 amide bonds. The topological polar surface area (TPSA) is 65.1 Å². The molecule has 6 nitrogen and oxygen atoms in total. The number of hydrogen-bond acceptors (Lipinski definition) is 4. The number of fused-ring (bicyclic) bond motifs is 1. The maximum atomic E-state index is 12.8. The van der Waals surface area contributed by atoms with Crippen molar-refractivity contribution in [2.24, 2.45) is 5.10 Å². The number of benzene rings is 2. The third-order valence-corrected chi connectivity index (χ3v) is 5.30. The van der Waals surface area contributed by atoms with Gasteiger partial charge in [0.05, 0.1) is 29.4 Å². The number of nitrogens with zero attached hydrogens (tertiary/aromatic N) is 5. The summed E-state index contributed by atoms with van der Waals surface area (Å²) in [5.74, 6) is 0.531. The van der Waals surface area contributed by atoms with Gasteiger partial charge < -0.3 is 0 Å². The van der Waals surface area contributed by atoms with Gasteiger partial charge in [-0.2, -0.15) is 14.9 Å². The lowest BCUT2D eigenvalue weighted by atomic mass is 10.2. The Kier molecular flexibility index (Phi) is 5.03. The Labute approximate surface area is 173 Å². The number of aryl methyl sites for hydroxylation is 2. The number of aromatic nitrogens is 4. The highest BCUT2D eigenvalue weighted by Crippen LogP contribution is 2.19. The van der Waals surface area contributed by atoms with E-state index in [4.69, 9.17) is 11.6 Å². The minimum Gasteiger partial charge on any atom is -0.267 e. The number of hydrogen-bond donors (Lipinski definition) is 0. The Morgan fingerprint density at radius 1 is 1.07 bits per heavy atom. The van der Waals surface area contributed by atoms with Gasteiger partial charge in [0.25, 0.3) is 5.56 Å². The van der Waals surface area contributed by atoms with Crippen LogP contribution >= 0.6 is 11.6 Å². The zero-order valence-electron chi connectivity index (χ0n) is 16.4. The first kappa shape index (κ1) is 19.1. The Balaban J connectivity index is 1.71. The summed E-state index contributed by atoms with van der Waals surface area (Å²) in [5, 5.41) is 10.3. The minimum absolute atomic E-state index is 0.192. The summed E-state index contributed by atoms with van der Waals surface area (Å²) < 4.78 is 3.22. The highest BCUT2D eigenvalue weighted by atomic mass is 35.5. The van der Waals surface area contributed by atoms with Crippen LogP contribution < -0.4 is 5.56 Å². The molecule has 0 aliphatic carbocycles. The standard InChI is InChI=1S/C22H20ClN5O/c1-14-19(15(2)27(26-14)13-17-8-4-6-10-20(17)23)12-24-28-16(3)25-21-11-7-5-9-18(21)22(28)29/h4-12H,13H2,1-3H3. The smallest absolute Gasteiger partial charge is 0.267 e. The fourth-order valence-corrected chi connectivity index (χ4v) is 3.52. The molecule has 0 unspecified atom stereocenters. The molecule has 2 heterocycles. The molecule has 0 saturated heterocycles. The Morgan fingerprint density at radius 2 is 1.79 bits per heavy atom. The van der Waals surface area contributed by atoms with E-state index in [1.165, 1.54) is 4.68 Å². The summed E-state index contributed by atoms with van der Waals surface area (Å²) in [6.45, 7) is 6.24. The quantitative estimate of drug-likeness (QED) is 0.480. The Hall–Kier alpha value is -3.25. The summed E-state index contributed by atoms with van der Waals surface area (Å²) in [7, 11) is 0. The van der Waals surface area contributed by atoms with Gasteiger partial charge in [-0.15, -0.1) is 0 Å². The van der Waals surface area contributed by atoms with Crippen molar-refractivity contribution in [1.29, 1.82) is 0 Å². The molecule has 0 atom stereocenters. The molecule has 2 aromatic carbocycles. The van der Waals surface area contributed by atoms with Crippen molar-refractivity contribution in [2.75, 3.05) is 0 Å². The first-order valence-corrected chi connectivity index (χ1v) is 9.63. The molecule has 0 aliphatic heterocycles. The zero-order valence-corrected chi connectivity index (χ0v) is 17.2. The summed E-state index contributed by atoms with van der Waals surface area (Å²) in [5.41, 5.74) is 4.12. The molecule has 2 aromatic heterocycles. The van der Waals surface area contributed by atoms with Crippen LogP contribution in [0.2, 0.25) is 5.02 Å². The highest BCUT2D eigenvalue weighted by Gasteiger charge is 2.12. The summed E-state index contributed by atoms with van der Waals surface area (Å²) in [6.07, 6.45) is 1.67. The van der Waals surface area contributed by atoms with Crippen molar-refractivity contribution in [3.05, 3.63) is 92.2 Å². The first-order valence-electron chi connectivity index (χ1n) is 9.26. The third kappa shape index (κ3) is 3.59. The molecule has 7 heteroatoms. The molecule has 0 fully saturated rings. The molecular formula is C22H20ClN5O. The number of halogens is 1. The van der Waals surface area contributed by atoms with Gasteiger partial charge in [-0.05, 0) is 44.5 Å². The second-order valence-electron chi connectivity index (χ2n) is 6.87. The van der Waals surface area contributed by atoms with Gasteiger partial charge in [-0.25, -0.2) is 4.98 Å². The fraction of sp³-hybridized carbons (Fsp3) is 0.182. The number of para-hydroxylation sites is 1. The van der Waals surface area contributed by atoms with Crippen molar-refractivity contribution < 1.29 is 0 Å². The van der Waals surface area contributed by atoms with Crippen molar-refractivity contribution in [3.8, 4) is 0 Å². The van der Waals surface area contributed by atoms with Gasteiger partial charge in [-0.1, -0.05) is 41.9 Å². The van der Waals surface area contributed by atoms with E-state index in [2.05, 4.69) is 15.2 Å². The first-order chi connectivity index (χ1) is 14.0. The van der Waals surface area contributed by atoms with Crippen molar-refractivity contribution in [3.63, 3.8) is 0 Å². The molecular weight excluding hydrogens is 386 g/mol. The summed E-state index contributed by atoms with van der Waals surface area (Å²) in [4.78, 5) is 17.3. The lowest BCUT2D eigenvalue weighted by molar-refractivity contribution is 0.659. The van der Waals surface area contributed by atoms with Crippen molar-refractivity contribution in [1.82, 2.24) is 19.4 Å². The van der Waals surface area contributed by atoms with Crippen LogP contribution in [0.1, 0.15) is 28.3 Å². The molecule has 146 valence electrons. The molecule has 0 saturated carbocycles.